The summed E-state index contributed by atoms with van der Waals surface area (Å²) in [6.07, 6.45) is 7.37. The number of carbonyl (C=O) groups is 2. The lowest BCUT2D eigenvalue weighted by Crippen LogP contribution is -2.48. The number of halogens is 1. The van der Waals surface area contributed by atoms with Crippen molar-refractivity contribution in [2.45, 2.75) is 57.9 Å². The van der Waals surface area contributed by atoms with E-state index in [-0.39, 0.29) is 29.6 Å². The van der Waals surface area contributed by atoms with Crippen molar-refractivity contribution in [3.63, 3.8) is 0 Å². The summed E-state index contributed by atoms with van der Waals surface area (Å²) in [6, 6.07) is 6.47. The molecule has 1 saturated carbocycles. The second-order valence-electron chi connectivity index (χ2n) is 8.39. The molecule has 0 unspecified atom stereocenters. The number of rotatable bonds is 3. The molecule has 2 amide bonds. The lowest BCUT2D eigenvalue weighted by molar-refractivity contribution is -0.127. The van der Waals surface area contributed by atoms with Crippen LogP contribution in [-0.2, 0) is 4.79 Å². The Hall–Kier alpha value is -2.50. The lowest BCUT2D eigenvalue weighted by Gasteiger charge is -2.33. The predicted molar refractivity (Wildman–Crippen MR) is 110 cm³/mol. The molecule has 1 atom stereocenters. The summed E-state index contributed by atoms with van der Waals surface area (Å²) in [5, 5.41) is 3.94. The van der Waals surface area contributed by atoms with E-state index in [1.54, 1.807) is 24.0 Å². The average molecular weight is 397 g/mol. The van der Waals surface area contributed by atoms with Crippen molar-refractivity contribution in [3.05, 3.63) is 41.3 Å². The van der Waals surface area contributed by atoms with E-state index in [0.29, 0.717) is 29.9 Å². The monoisotopic (exact) mass is 397 g/mol. The van der Waals surface area contributed by atoms with Crippen LogP contribution in [0.4, 0.5) is 4.39 Å². The highest BCUT2D eigenvalue weighted by Gasteiger charge is 2.31. The van der Waals surface area contributed by atoms with Gasteiger partial charge in [0.1, 0.15) is 5.82 Å². The Labute approximate surface area is 170 Å². The van der Waals surface area contributed by atoms with Gasteiger partial charge in [-0.25, -0.2) is 4.39 Å². The summed E-state index contributed by atoms with van der Waals surface area (Å²) in [5.74, 6) is -0.515. The van der Waals surface area contributed by atoms with Crippen LogP contribution in [0.25, 0.3) is 10.9 Å². The number of nitrogens with zero attached hydrogens (tertiary/aromatic N) is 2. The number of hydrogen-bond acceptors (Lipinski definition) is 3. The van der Waals surface area contributed by atoms with Crippen molar-refractivity contribution < 1.29 is 14.0 Å². The Balaban J connectivity index is 1.47. The van der Waals surface area contributed by atoms with Gasteiger partial charge in [0, 0.05) is 30.6 Å². The third-order valence-corrected chi connectivity index (χ3v) is 6.23. The van der Waals surface area contributed by atoms with Crippen LogP contribution in [0.1, 0.15) is 61.0 Å². The highest BCUT2D eigenvalue weighted by atomic mass is 19.1. The van der Waals surface area contributed by atoms with Gasteiger partial charge >= 0.3 is 0 Å². The zero-order chi connectivity index (χ0) is 20.4. The number of aryl methyl sites for hydroxylation is 1. The molecule has 1 N–H and O–H groups in total. The molecule has 0 spiro atoms. The fourth-order valence-electron chi connectivity index (χ4n) is 4.56. The molecule has 6 heteroatoms. The Morgan fingerprint density at radius 2 is 1.90 bits per heavy atom. The van der Waals surface area contributed by atoms with Gasteiger partial charge in [0.05, 0.1) is 22.7 Å². The first-order valence-corrected chi connectivity index (χ1v) is 10.7. The summed E-state index contributed by atoms with van der Waals surface area (Å²) in [5.41, 5.74) is 1.65. The van der Waals surface area contributed by atoms with Gasteiger partial charge in [-0.15, -0.1) is 0 Å². The molecule has 0 bridgehead atoms. The molecular formula is C23H28FN3O2. The minimum Gasteiger partial charge on any atom is -0.353 e. The number of nitrogens with one attached hydrogen (secondary N) is 1. The van der Waals surface area contributed by atoms with Crippen molar-refractivity contribution in [2.24, 2.45) is 5.92 Å². The van der Waals surface area contributed by atoms with Gasteiger partial charge in [-0.3, -0.25) is 14.6 Å². The van der Waals surface area contributed by atoms with E-state index >= 15 is 0 Å². The number of piperidine rings is 1. The second-order valence-corrected chi connectivity index (χ2v) is 8.39. The number of hydrogen-bond donors (Lipinski definition) is 1. The van der Waals surface area contributed by atoms with Gasteiger partial charge < -0.3 is 10.2 Å². The molecule has 2 fully saturated rings. The van der Waals surface area contributed by atoms with Crippen molar-refractivity contribution in [1.29, 1.82) is 0 Å². The normalized spacial score (nSPS) is 20.6. The minimum atomic E-state index is -0.341. The highest BCUT2D eigenvalue weighted by molar-refractivity contribution is 5.99. The standard InChI is InChI=1S/C23H28FN3O2/c1-15-20(12-16-9-10-18(24)13-21(16)25-15)23(29)27-11-5-6-17(14-27)22(28)26-19-7-3-2-4-8-19/h9-10,12-13,17,19H,2-8,11,14H2,1H3,(H,26,28)/t17-/m0/s1. The summed E-state index contributed by atoms with van der Waals surface area (Å²) < 4.78 is 13.5. The van der Waals surface area contributed by atoms with Crippen LogP contribution in [0.2, 0.25) is 0 Å². The number of likely N-dealkylation sites (tertiary alicyclic amines) is 1. The molecule has 154 valence electrons. The Kier molecular flexibility index (Phi) is 5.79. The first kappa shape index (κ1) is 19.8. The van der Waals surface area contributed by atoms with E-state index in [4.69, 9.17) is 0 Å². The third-order valence-electron chi connectivity index (χ3n) is 6.23. The van der Waals surface area contributed by atoms with Crippen molar-refractivity contribution >= 4 is 22.7 Å². The van der Waals surface area contributed by atoms with Crippen LogP contribution in [0.3, 0.4) is 0 Å². The zero-order valence-corrected chi connectivity index (χ0v) is 16.9. The van der Waals surface area contributed by atoms with Gasteiger partial charge in [0.15, 0.2) is 0 Å². The molecule has 1 aliphatic carbocycles. The number of pyridine rings is 1. The van der Waals surface area contributed by atoms with Crippen LogP contribution >= 0.6 is 0 Å². The van der Waals surface area contributed by atoms with Crippen LogP contribution in [0, 0.1) is 18.7 Å². The molecule has 2 heterocycles. The fraction of sp³-hybridized carbons (Fsp3) is 0.522. The van der Waals surface area contributed by atoms with E-state index in [1.165, 1.54) is 31.4 Å². The van der Waals surface area contributed by atoms with Gasteiger partial charge in [-0.2, -0.15) is 0 Å². The quantitative estimate of drug-likeness (QED) is 0.852. The number of benzene rings is 1. The minimum absolute atomic E-state index is 0.0817. The van der Waals surface area contributed by atoms with Crippen LogP contribution in [0.5, 0.6) is 0 Å². The molecule has 4 rings (SSSR count). The van der Waals surface area contributed by atoms with Gasteiger partial charge in [0.25, 0.3) is 5.91 Å². The van der Waals surface area contributed by atoms with Gasteiger partial charge in [-0.05, 0) is 50.8 Å². The number of aromatic nitrogens is 1. The smallest absolute Gasteiger partial charge is 0.255 e. The average Bonchev–Trinajstić information content (AvgIpc) is 2.73. The van der Waals surface area contributed by atoms with E-state index in [2.05, 4.69) is 10.3 Å². The van der Waals surface area contributed by atoms with Crippen molar-refractivity contribution in [1.82, 2.24) is 15.2 Å². The molecule has 2 aliphatic rings. The van der Waals surface area contributed by atoms with Gasteiger partial charge in [0.2, 0.25) is 5.91 Å². The van der Waals surface area contributed by atoms with Crippen molar-refractivity contribution in [2.75, 3.05) is 13.1 Å². The Morgan fingerprint density at radius 1 is 1.10 bits per heavy atom. The molecule has 2 aromatic rings. The molecule has 1 aromatic carbocycles. The summed E-state index contributed by atoms with van der Waals surface area (Å²) in [6.45, 7) is 2.86. The predicted octanol–water partition coefficient (Wildman–Crippen LogP) is 3.98. The number of fused-ring (bicyclic) bond motifs is 1. The third kappa shape index (κ3) is 4.41. The first-order chi connectivity index (χ1) is 14.0. The first-order valence-electron chi connectivity index (χ1n) is 10.7. The van der Waals surface area contributed by atoms with Crippen LogP contribution < -0.4 is 5.32 Å². The molecule has 0 radical (unpaired) electrons. The van der Waals surface area contributed by atoms with E-state index in [9.17, 15) is 14.0 Å². The Bertz CT molecular complexity index is 924. The number of carbonyl (C=O) groups excluding carboxylic acids is 2. The molecule has 29 heavy (non-hydrogen) atoms. The molecule has 1 aromatic heterocycles. The van der Waals surface area contributed by atoms with E-state index in [1.807, 2.05) is 0 Å². The molecule has 1 saturated heterocycles. The SMILES string of the molecule is Cc1nc2cc(F)ccc2cc1C(=O)N1CCC[C@H](C(=O)NC2CCCCC2)C1. The van der Waals surface area contributed by atoms with Crippen LogP contribution in [-0.4, -0.2) is 40.8 Å². The molecule has 1 aliphatic heterocycles. The lowest BCUT2D eigenvalue weighted by atomic mass is 9.92. The zero-order valence-electron chi connectivity index (χ0n) is 16.9. The molecule has 5 nitrogen and oxygen atoms in total. The topological polar surface area (TPSA) is 62.3 Å². The molecular weight excluding hydrogens is 369 g/mol. The summed E-state index contributed by atoms with van der Waals surface area (Å²) >= 11 is 0. The van der Waals surface area contributed by atoms with Crippen molar-refractivity contribution in [3.8, 4) is 0 Å². The van der Waals surface area contributed by atoms with E-state index < -0.39 is 0 Å². The summed E-state index contributed by atoms with van der Waals surface area (Å²) in [4.78, 5) is 32.1. The summed E-state index contributed by atoms with van der Waals surface area (Å²) in [7, 11) is 0. The van der Waals surface area contributed by atoms with Gasteiger partial charge in [-0.1, -0.05) is 19.3 Å². The van der Waals surface area contributed by atoms with E-state index in [0.717, 1.165) is 31.1 Å². The fourth-order valence-corrected chi connectivity index (χ4v) is 4.56. The maximum Gasteiger partial charge on any atom is 0.255 e. The largest absolute Gasteiger partial charge is 0.353 e. The highest BCUT2D eigenvalue weighted by Crippen LogP contribution is 2.24. The maximum absolute atomic E-state index is 13.5. The second kappa shape index (κ2) is 8.47. The number of amides is 2. The maximum atomic E-state index is 13.5. The Morgan fingerprint density at radius 3 is 2.69 bits per heavy atom. The van der Waals surface area contributed by atoms with Crippen LogP contribution in [0.15, 0.2) is 24.3 Å².